The number of aryl methyl sites for hydroxylation is 2. The van der Waals surface area contributed by atoms with Crippen molar-refractivity contribution in [1.82, 2.24) is 9.80 Å². The number of anilines is 1. The highest BCUT2D eigenvalue weighted by Gasteiger charge is 2.48. The van der Waals surface area contributed by atoms with Gasteiger partial charge in [0.15, 0.2) is 0 Å². The number of likely N-dealkylation sites (tertiary alicyclic amines) is 2. The van der Waals surface area contributed by atoms with E-state index in [4.69, 9.17) is 11.6 Å². The Labute approximate surface area is 241 Å². The lowest BCUT2D eigenvalue weighted by atomic mass is 9.70. The highest BCUT2D eigenvalue weighted by molar-refractivity contribution is 9.10. The van der Waals surface area contributed by atoms with Crippen LogP contribution in [0.25, 0.3) is 0 Å². The summed E-state index contributed by atoms with van der Waals surface area (Å²) in [6.45, 7) is 5.79. The van der Waals surface area contributed by atoms with Crippen molar-refractivity contribution in [2.75, 3.05) is 37.6 Å². The number of carbonyl (C=O) groups is 3. The van der Waals surface area contributed by atoms with Gasteiger partial charge < -0.3 is 19.8 Å². The molecule has 2 atom stereocenters. The first-order valence-corrected chi connectivity index (χ1v) is 14.4. The van der Waals surface area contributed by atoms with Crippen LogP contribution < -0.4 is 4.90 Å². The molecule has 2 aromatic carbocycles. The van der Waals surface area contributed by atoms with Gasteiger partial charge in [-0.2, -0.15) is 0 Å². The molecule has 0 aliphatic carbocycles. The van der Waals surface area contributed by atoms with E-state index in [-0.39, 0.29) is 35.4 Å². The van der Waals surface area contributed by atoms with Crippen molar-refractivity contribution in [1.29, 1.82) is 0 Å². The van der Waals surface area contributed by atoms with Gasteiger partial charge in [0.25, 0.3) is 5.91 Å². The summed E-state index contributed by atoms with van der Waals surface area (Å²) in [5.74, 6) is -1.62. The van der Waals surface area contributed by atoms with Crippen LogP contribution in [0.1, 0.15) is 47.2 Å². The lowest BCUT2D eigenvalue weighted by Crippen LogP contribution is -2.58. The maximum absolute atomic E-state index is 14.6. The quantitative estimate of drug-likeness (QED) is 0.504. The number of piperidine rings is 2. The van der Waals surface area contributed by atoms with Gasteiger partial charge >= 0.3 is 0 Å². The number of carbonyl (C=O) groups excluding carboxylic acids is 3. The molecule has 3 fully saturated rings. The third-order valence-electron chi connectivity index (χ3n) is 8.67. The molecule has 208 valence electrons. The van der Waals surface area contributed by atoms with Crippen molar-refractivity contribution in [3.63, 3.8) is 0 Å². The van der Waals surface area contributed by atoms with Crippen molar-refractivity contribution in [3.05, 3.63) is 62.3 Å². The van der Waals surface area contributed by atoms with Crippen LogP contribution in [-0.4, -0.2) is 71.5 Å². The molecule has 3 saturated heterocycles. The lowest BCUT2D eigenvalue weighted by molar-refractivity contribution is -0.141. The Bertz CT molecular complexity index is 1310. The second-order valence-electron chi connectivity index (χ2n) is 11.1. The first kappa shape index (κ1) is 28.1. The fourth-order valence-corrected chi connectivity index (χ4v) is 6.92. The van der Waals surface area contributed by atoms with Gasteiger partial charge in [0.2, 0.25) is 11.8 Å². The number of rotatable bonds is 3. The number of hydrogen-bond donors (Lipinski definition) is 1. The third kappa shape index (κ3) is 5.21. The van der Waals surface area contributed by atoms with E-state index in [2.05, 4.69) is 15.9 Å². The van der Waals surface area contributed by atoms with Crippen LogP contribution in [0.2, 0.25) is 5.02 Å². The Morgan fingerprint density at radius 1 is 1.10 bits per heavy atom. The number of aliphatic hydroxyl groups is 1. The first-order chi connectivity index (χ1) is 18.5. The lowest BCUT2D eigenvalue weighted by Gasteiger charge is -2.50. The number of benzene rings is 2. The van der Waals surface area contributed by atoms with Crippen LogP contribution >= 0.6 is 27.5 Å². The van der Waals surface area contributed by atoms with E-state index >= 15 is 0 Å². The molecular weight excluding hydrogens is 589 g/mol. The van der Waals surface area contributed by atoms with Crippen molar-refractivity contribution in [2.45, 2.75) is 45.6 Å². The minimum absolute atomic E-state index is 0.0433. The SMILES string of the molecule is Cc1cccc(C)c1N1CC(C(=O)N2CCC3(CC2)CN(C(=O)c2cc(Br)c(Cl)cc2F)CCC3O)CC1=O. The van der Waals surface area contributed by atoms with Gasteiger partial charge in [-0.15, -0.1) is 0 Å². The molecule has 3 aliphatic rings. The average Bonchev–Trinajstić information content (AvgIpc) is 3.28. The number of hydrogen-bond acceptors (Lipinski definition) is 4. The molecule has 3 aliphatic heterocycles. The molecule has 39 heavy (non-hydrogen) atoms. The van der Waals surface area contributed by atoms with Gasteiger partial charge in [0.05, 0.1) is 22.6 Å². The van der Waals surface area contributed by atoms with Crippen molar-refractivity contribution in [2.24, 2.45) is 11.3 Å². The summed E-state index contributed by atoms with van der Waals surface area (Å²) < 4.78 is 15.0. The summed E-state index contributed by atoms with van der Waals surface area (Å²) in [5.41, 5.74) is 2.26. The standard InChI is InChI=1S/C29H32BrClFN3O4/c1-17-4-3-5-18(2)26(17)35-15-19(12-25(35)37)27(38)33-10-7-29(8-11-33)16-34(9-6-24(29)36)28(39)20-13-21(30)22(31)14-23(20)32/h3-5,13-14,19,24,36H,6-12,15-16H2,1-2H3. The van der Waals surface area contributed by atoms with Crippen LogP contribution in [0.15, 0.2) is 34.8 Å². The summed E-state index contributed by atoms with van der Waals surface area (Å²) in [4.78, 5) is 44.7. The van der Waals surface area contributed by atoms with E-state index in [1.54, 1.807) is 14.7 Å². The molecule has 2 unspecified atom stereocenters. The van der Waals surface area contributed by atoms with Crippen molar-refractivity contribution >= 4 is 50.9 Å². The van der Waals surface area contributed by atoms with E-state index in [1.165, 1.54) is 6.07 Å². The molecule has 0 bridgehead atoms. The molecule has 5 rings (SSSR count). The zero-order chi connectivity index (χ0) is 28.1. The number of aliphatic hydroxyl groups excluding tert-OH is 1. The number of nitrogens with zero attached hydrogens (tertiary/aromatic N) is 3. The Kier molecular flexibility index (Phi) is 7.79. The zero-order valence-electron chi connectivity index (χ0n) is 22.1. The predicted molar refractivity (Wildman–Crippen MR) is 150 cm³/mol. The molecule has 2 aromatic rings. The van der Waals surface area contributed by atoms with Crippen LogP contribution in [0, 0.1) is 31.0 Å². The monoisotopic (exact) mass is 619 g/mol. The molecule has 0 saturated carbocycles. The minimum Gasteiger partial charge on any atom is -0.392 e. The van der Waals surface area contributed by atoms with E-state index in [0.717, 1.165) is 22.9 Å². The molecule has 10 heteroatoms. The van der Waals surface area contributed by atoms with Crippen LogP contribution in [-0.2, 0) is 9.59 Å². The van der Waals surface area contributed by atoms with Crippen LogP contribution in [0.5, 0.6) is 0 Å². The maximum Gasteiger partial charge on any atom is 0.256 e. The third-order valence-corrected chi connectivity index (χ3v) is 9.86. The molecule has 3 amide bonds. The number of amides is 3. The second-order valence-corrected chi connectivity index (χ2v) is 12.4. The summed E-state index contributed by atoms with van der Waals surface area (Å²) in [7, 11) is 0. The normalized spacial score (nSPS) is 23.0. The number of para-hydroxylation sites is 1. The number of halogens is 3. The Hall–Kier alpha value is -2.49. The Morgan fingerprint density at radius 2 is 1.77 bits per heavy atom. The van der Waals surface area contributed by atoms with E-state index in [1.807, 2.05) is 32.0 Å². The fraction of sp³-hybridized carbons (Fsp3) is 0.483. The maximum atomic E-state index is 14.6. The van der Waals surface area contributed by atoms with Gasteiger partial charge in [0.1, 0.15) is 5.82 Å². The Balaban J connectivity index is 1.25. The van der Waals surface area contributed by atoms with Crippen LogP contribution in [0.3, 0.4) is 0 Å². The first-order valence-electron chi connectivity index (χ1n) is 13.3. The van der Waals surface area contributed by atoms with Gasteiger partial charge in [0, 0.05) is 54.7 Å². The highest BCUT2D eigenvalue weighted by Crippen LogP contribution is 2.42. The molecule has 3 heterocycles. The molecular formula is C29H32BrClFN3O4. The highest BCUT2D eigenvalue weighted by atomic mass is 79.9. The van der Waals surface area contributed by atoms with Gasteiger partial charge in [-0.3, -0.25) is 14.4 Å². The molecule has 0 radical (unpaired) electrons. The summed E-state index contributed by atoms with van der Waals surface area (Å²) >= 11 is 9.22. The molecule has 0 aromatic heterocycles. The zero-order valence-corrected chi connectivity index (χ0v) is 24.4. The van der Waals surface area contributed by atoms with Crippen LogP contribution in [0.4, 0.5) is 10.1 Å². The average molecular weight is 621 g/mol. The smallest absolute Gasteiger partial charge is 0.256 e. The minimum atomic E-state index is -0.685. The fourth-order valence-electron chi connectivity index (χ4n) is 6.42. The topological polar surface area (TPSA) is 81.2 Å². The van der Waals surface area contributed by atoms with Gasteiger partial charge in [-0.05, 0) is 72.3 Å². The Morgan fingerprint density at radius 3 is 2.44 bits per heavy atom. The van der Waals surface area contributed by atoms with Crippen molar-refractivity contribution < 1.29 is 23.9 Å². The summed E-state index contributed by atoms with van der Waals surface area (Å²) in [6, 6.07) is 8.41. The molecule has 1 N–H and O–H groups in total. The molecule has 7 nitrogen and oxygen atoms in total. The van der Waals surface area contributed by atoms with Gasteiger partial charge in [-0.1, -0.05) is 29.8 Å². The van der Waals surface area contributed by atoms with E-state index in [0.29, 0.717) is 49.9 Å². The van der Waals surface area contributed by atoms with Crippen molar-refractivity contribution in [3.8, 4) is 0 Å². The van der Waals surface area contributed by atoms with E-state index < -0.39 is 29.2 Å². The van der Waals surface area contributed by atoms with E-state index in [9.17, 15) is 23.9 Å². The summed E-state index contributed by atoms with van der Waals surface area (Å²) in [6.07, 6.45) is 1.00. The predicted octanol–water partition coefficient (Wildman–Crippen LogP) is 4.73. The van der Waals surface area contributed by atoms with Gasteiger partial charge in [-0.25, -0.2) is 4.39 Å². The largest absolute Gasteiger partial charge is 0.392 e. The second kappa shape index (κ2) is 10.8. The molecule has 1 spiro atoms. The summed E-state index contributed by atoms with van der Waals surface area (Å²) in [5, 5.41) is 11.2.